The topological polar surface area (TPSA) is 15.3 Å². The van der Waals surface area contributed by atoms with Crippen molar-refractivity contribution in [1.82, 2.24) is 10.4 Å². The Labute approximate surface area is 68.9 Å². The quantitative estimate of drug-likeness (QED) is 0.661. The van der Waals surface area contributed by atoms with E-state index in [2.05, 4.69) is 17.4 Å². The summed E-state index contributed by atoms with van der Waals surface area (Å²) >= 11 is 0. The van der Waals surface area contributed by atoms with Gasteiger partial charge in [0.1, 0.15) is 0 Å². The third kappa shape index (κ3) is 1.57. The van der Waals surface area contributed by atoms with Gasteiger partial charge in [0.05, 0.1) is 0 Å². The highest BCUT2D eigenvalue weighted by Crippen LogP contribution is 2.52. The Kier molecular flexibility index (Phi) is 1.90. The van der Waals surface area contributed by atoms with E-state index in [1.54, 1.807) is 0 Å². The molecule has 2 fully saturated rings. The molecule has 0 amide bonds. The zero-order chi connectivity index (χ0) is 7.73. The molecule has 0 aromatic rings. The number of nitrogens with zero attached hydrogens (tertiary/aromatic N) is 1. The first kappa shape index (κ1) is 7.56. The van der Waals surface area contributed by atoms with E-state index in [-0.39, 0.29) is 0 Å². The van der Waals surface area contributed by atoms with E-state index < -0.39 is 0 Å². The number of nitrogens with one attached hydrogen (secondary N) is 1. The van der Waals surface area contributed by atoms with Gasteiger partial charge in [-0.25, -0.2) is 5.01 Å². The van der Waals surface area contributed by atoms with E-state index in [0.29, 0.717) is 0 Å². The summed E-state index contributed by atoms with van der Waals surface area (Å²) in [4.78, 5) is 0. The van der Waals surface area contributed by atoms with Crippen LogP contribution in [0.15, 0.2) is 0 Å². The zero-order valence-corrected chi connectivity index (χ0v) is 7.40. The summed E-state index contributed by atoms with van der Waals surface area (Å²) in [5.74, 6) is 0. The van der Waals surface area contributed by atoms with Crippen LogP contribution in [0.25, 0.3) is 0 Å². The van der Waals surface area contributed by atoms with Crippen molar-refractivity contribution in [2.75, 3.05) is 19.6 Å². The SMILES string of the molecule is CCCNN1CCC2(CC2)C1. The molecule has 0 unspecified atom stereocenters. The van der Waals surface area contributed by atoms with Crippen molar-refractivity contribution in [3.63, 3.8) is 0 Å². The Bertz CT molecular complexity index is 140. The maximum Gasteiger partial charge on any atom is 0.0188 e. The first-order valence-corrected chi connectivity index (χ1v) is 4.83. The van der Waals surface area contributed by atoms with Gasteiger partial charge >= 0.3 is 0 Å². The Balaban J connectivity index is 1.72. The molecule has 0 aromatic carbocycles. The number of hydrazine groups is 1. The molecule has 1 aliphatic heterocycles. The third-order valence-corrected chi connectivity index (χ3v) is 2.98. The first-order valence-electron chi connectivity index (χ1n) is 4.83. The van der Waals surface area contributed by atoms with Gasteiger partial charge in [0.25, 0.3) is 0 Å². The normalized spacial score (nSPS) is 28.1. The van der Waals surface area contributed by atoms with E-state index in [0.717, 1.165) is 12.0 Å². The van der Waals surface area contributed by atoms with Crippen molar-refractivity contribution in [2.45, 2.75) is 32.6 Å². The second-order valence-corrected chi connectivity index (χ2v) is 4.08. The molecule has 1 spiro atoms. The average molecular weight is 154 g/mol. The molecule has 0 aromatic heterocycles. The minimum absolute atomic E-state index is 0.779. The molecular formula is C9H18N2. The lowest BCUT2D eigenvalue weighted by molar-refractivity contribution is 0.224. The maximum atomic E-state index is 3.46. The molecule has 1 saturated carbocycles. The fourth-order valence-electron chi connectivity index (χ4n) is 1.92. The predicted octanol–water partition coefficient (Wildman–Crippen LogP) is 1.39. The second kappa shape index (κ2) is 2.76. The van der Waals surface area contributed by atoms with Crippen molar-refractivity contribution in [1.29, 1.82) is 0 Å². The van der Waals surface area contributed by atoms with Crippen LogP contribution in [0.4, 0.5) is 0 Å². The molecule has 0 bridgehead atoms. The fraction of sp³-hybridized carbons (Fsp3) is 1.00. The van der Waals surface area contributed by atoms with Crippen LogP contribution in [0, 0.1) is 5.41 Å². The molecule has 1 aliphatic carbocycles. The highest BCUT2D eigenvalue weighted by atomic mass is 15.5. The zero-order valence-electron chi connectivity index (χ0n) is 7.40. The van der Waals surface area contributed by atoms with Gasteiger partial charge in [-0.05, 0) is 31.1 Å². The molecule has 1 heterocycles. The highest BCUT2D eigenvalue weighted by molar-refractivity contribution is 4.99. The lowest BCUT2D eigenvalue weighted by atomic mass is 10.1. The van der Waals surface area contributed by atoms with Gasteiger partial charge in [0, 0.05) is 19.6 Å². The summed E-state index contributed by atoms with van der Waals surface area (Å²) in [6.45, 7) is 5.96. The number of hydrogen-bond donors (Lipinski definition) is 1. The van der Waals surface area contributed by atoms with E-state index in [1.165, 1.54) is 38.8 Å². The van der Waals surface area contributed by atoms with E-state index in [4.69, 9.17) is 0 Å². The van der Waals surface area contributed by atoms with Gasteiger partial charge < -0.3 is 0 Å². The molecule has 0 radical (unpaired) electrons. The molecule has 0 atom stereocenters. The Morgan fingerprint density at radius 3 is 2.73 bits per heavy atom. The van der Waals surface area contributed by atoms with Crippen molar-refractivity contribution >= 4 is 0 Å². The summed E-state index contributed by atoms with van der Waals surface area (Å²) in [7, 11) is 0. The molecular weight excluding hydrogens is 136 g/mol. The molecule has 1 N–H and O–H groups in total. The van der Waals surface area contributed by atoms with Crippen LogP contribution in [0.5, 0.6) is 0 Å². The predicted molar refractivity (Wildman–Crippen MR) is 46.2 cm³/mol. The smallest absolute Gasteiger partial charge is 0.0188 e. The molecule has 1 saturated heterocycles. The molecule has 2 aliphatic rings. The Morgan fingerprint density at radius 1 is 1.36 bits per heavy atom. The summed E-state index contributed by atoms with van der Waals surface area (Å²) in [6, 6.07) is 0. The summed E-state index contributed by atoms with van der Waals surface area (Å²) < 4.78 is 0. The molecule has 2 heteroatoms. The second-order valence-electron chi connectivity index (χ2n) is 4.08. The molecule has 2 nitrogen and oxygen atoms in total. The van der Waals surface area contributed by atoms with Crippen LogP contribution >= 0.6 is 0 Å². The van der Waals surface area contributed by atoms with Crippen LogP contribution in [-0.4, -0.2) is 24.6 Å². The minimum Gasteiger partial charge on any atom is -0.255 e. The van der Waals surface area contributed by atoms with Crippen LogP contribution < -0.4 is 5.43 Å². The van der Waals surface area contributed by atoms with Gasteiger partial charge in [-0.15, -0.1) is 0 Å². The molecule has 11 heavy (non-hydrogen) atoms. The van der Waals surface area contributed by atoms with E-state index >= 15 is 0 Å². The summed E-state index contributed by atoms with van der Waals surface area (Å²) in [6.07, 6.45) is 5.64. The van der Waals surface area contributed by atoms with Gasteiger partial charge in [-0.1, -0.05) is 6.92 Å². The monoisotopic (exact) mass is 154 g/mol. The van der Waals surface area contributed by atoms with Crippen LogP contribution in [0.3, 0.4) is 0 Å². The van der Waals surface area contributed by atoms with Crippen LogP contribution in [-0.2, 0) is 0 Å². The number of rotatable bonds is 3. The van der Waals surface area contributed by atoms with Crippen LogP contribution in [0.2, 0.25) is 0 Å². The third-order valence-electron chi connectivity index (χ3n) is 2.98. The van der Waals surface area contributed by atoms with Gasteiger partial charge in [0.2, 0.25) is 0 Å². The highest BCUT2D eigenvalue weighted by Gasteiger charge is 2.47. The van der Waals surface area contributed by atoms with Gasteiger partial charge in [0.15, 0.2) is 0 Å². The summed E-state index contributed by atoms with van der Waals surface area (Å²) in [5, 5.41) is 2.41. The Hall–Kier alpha value is -0.0800. The lowest BCUT2D eigenvalue weighted by Gasteiger charge is -2.16. The Morgan fingerprint density at radius 2 is 2.18 bits per heavy atom. The van der Waals surface area contributed by atoms with Gasteiger partial charge in [-0.3, -0.25) is 5.43 Å². The lowest BCUT2D eigenvalue weighted by Crippen LogP contribution is -2.36. The average Bonchev–Trinajstić information content (AvgIpc) is 2.61. The first-order chi connectivity index (χ1) is 5.35. The van der Waals surface area contributed by atoms with Crippen molar-refractivity contribution in [2.24, 2.45) is 5.41 Å². The minimum atomic E-state index is 0.779. The van der Waals surface area contributed by atoms with Crippen molar-refractivity contribution < 1.29 is 0 Å². The van der Waals surface area contributed by atoms with Crippen LogP contribution in [0.1, 0.15) is 32.6 Å². The van der Waals surface area contributed by atoms with Crippen molar-refractivity contribution in [3.8, 4) is 0 Å². The van der Waals surface area contributed by atoms with Gasteiger partial charge in [-0.2, -0.15) is 0 Å². The maximum absolute atomic E-state index is 3.46. The van der Waals surface area contributed by atoms with Crippen molar-refractivity contribution in [3.05, 3.63) is 0 Å². The molecule has 64 valence electrons. The number of hydrogen-bond acceptors (Lipinski definition) is 2. The molecule has 2 rings (SSSR count). The van der Waals surface area contributed by atoms with E-state index in [9.17, 15) is 0 Å². The standard InChI is InChI=1S/C9H18N2/c1-2-6-10-11-7-5-9(8-11)3-4-9/h10H,2-8H2,1H3. The largest absolute Gasteiger partial charge is 0.255 e. The van der Waals surface area contributed by atoms with E-state index in [1.807, 2.05) is 0 Å². The fourth-order valence-corrected chi connectivity index (χ4v) is 1.92. The summed E-state index contributed by atoms with van der Waals surface area (Å²) in [5.41, 5.74) is 4.24.